The van der Waals surface area contributed by atoms with Crippen LogP contribution in [0.25, 0.3) is 11.0 Å². The molecule has 1 unspecified atom stereocenters. The average Bonchev–Trinajstić information content (AvgIpc) is 3.02. The molecule has 0 N–H and O–H groups in total. The van der Waals surface area contributed by atoms with E-state index in [1.165, 1.54) is 42.6 Å². The van der Waals surface area contributed by atoms with E-state index in [9.17, 15) is 0 Å². The van der Waals surface area contributed by atoms with Crippen LogP contribution in [-0.4, -0.2) is 29.7 Å². The number of rotatable bonds is 2. The second kappa shape index (κ2) is 5.57. The van der Waals surface area contributed by atoms with E-state index in [4.69, 9.17) is 4.52 Å². The number of hydrogen-bond acceptors (Lipinski definition) is 3. The molecule has 1 fully saturated rings. The molecule has 0 bridgehead atoms. The van der Waals surface area contributed by atoms with Crippen molar-refractivity contribution in [2.45, 2.75) is 59.8 Å². The summed E-state index contributed by atoms with van der Waals surface area (Å²) in [6, 6.07) is 4.55. The van der Waals surface area contributed by atoms with Gasteiger partial charge in [-0.1, -0.05) is 52.8 Å². The van der Waals surface area contributed by atoms with E-state index >= 15 is 0 Å². The zero-order valence-electron chi connectivity index (χ0n) is 16.6. The summed E-state index contributed by atoms with van der Waals surface area (Å²) in [5.41, 5.74) is 5.49. The van der Waals surface area contributed by atoms with E-state index in [1.807, 2.05) is 0 Å². The minimum Gasteiger partial charge on any atom is -0.356 e. The number of fused-ring (bicyclic) bond motifs is 3. The molecule has 25 heavy (non-hydrogen) atoms. The number of benzene rings is 1. The van der Waals surface area contributed by atoms with E-state index in [2.05, 4.69) is 63.7 Å². The summed E-state index contributed by atoms with van der Waals surface area (Å²) in [5.74, 6) is 1.58. The number of likely N-dealkylation sites (tertiary alicyclic amines) is 1. The smallest absolute Gasteiger partial charge is 0.170 e. The lowest BCUT2D eigenvalue weighted by molar-refractivity contribution is 0.0149. The molecule has 2 aromatic rings. The Hall–Kier alpha value is -1.35. The first-order chi connectivity index (χ1) is 11.6. The maximum absolute atomic E-state index is 5.81. The molecule has 4 rings (SSSR count). The SMILES string of the molecule is CC(C)(C)c1noc2c3c(ccc12)CC(CN1CC(C(C)(C)C)C1)C3. The minimum absolute atomic E-state index is 0.0249. The second-order valence-electron chi connectivity index (χ2n) is 10.4. The molecule has 1 saturated heterocycles. The van der Waals surface area contributed by atoms with Gasteiger partial charge in [0.15, 0.2) is 5.58 Å². The van der Waals surface area contributed by atoms with E-state index in [0.29, 0.717) is 5.41 Å². The molecule has 3 nitrogen and oxygen atoms in total. The highest BCUT2D eigenvalue weighted by atomic mass is 16.5. The molecule has 0 saturated carbocycles. The summed E-state index contributed by atoms with van der Waals surface area (Å²) in [6.07, 6.45) is 2.33. The fraction of sp³-hybridized carbons (Fsp3) is 0.682. The molecule has 1 aromatic heterocycles. The zero-order valence-corrected chi connectivity index (χ0v) is 16.6. The quantitative estimate of drug-likeness (QED) is 0.785. The molecular formula is C22H32N2O. The van der Waals surface area contributed by atoms with Crippen LogP contribution < -0.4 is 0 Å². The highest BCUT2D eigenvalue weighted by Crippen LogP contribution is 2.39. The zero-order chi connectivity index (χ0) is 18.0. The predicted octanol–water partition coefficient (Wildman–Crippen LogP) is 4.82. The van der Waals surface area contributed by atoms with Crippen molar-refractivity contribution in [2.75, 3.05) is 19.6 Å². The van der Waals surface area contributed by atoms with Crippen molar-refractivity contribution in [3.63, 3.8) is 0 Å². The predicted molar refractivity (Wildman–Crippen MR) is 103 cm³/mol. The molecule has 1 aromatic carbocycles. The molecule has 0 radical (unpaired) electrons. The van der Waals surface area contributed by atoms with E-state index in [1.54, 1.807) is 0 Å². The van der Waals surface area contributed by atoms with Gasteiger partial charge in [-0.2, -0.15) is 0 Å². The first-order valence-electron chi connectivity index (χ1n) is 9.76. The molecule has 0 amide bonds. The van der Waals surface area contributed by atoms with Gasteiger partial charge in [0.25, 0.3) is 0 Å². The molecule has 2 aliphatic rings. The first-order valence-corrected chi connectivity index (χ1v) is 9.76. The fourth-order valence-corrected chi connectivity index (χ4v) is 4.49. The van der Waals surface area contributed by atoms with E-state index in [0.717, 1.165) is 29.5 Å². The fourth-order valence-electron chi connectivity index (χ4n) is 4.49. The Morgan fingerprint density at radius 3 is 2.44 bits per heavy atom. The van der Waals surface area contributed by atoms with Gasteiger partial charge >= 0.3 is 0 Å². The third-order valence-corrected chi connectivity index (χ3v) is 6.25. The van der Waals surface area contributed by atoms with Gasteiger partial charge in [-0.25, -0.2) is 0 Å². The monoisotopic (exact) mass is 340 g/mol. The van der Waals surface area contributed by atoms with Gasteiger partial charge in [-0.15, -0.1) is 0 Å². The maximum atomic E-state index is 5.81. The molecule has 2 heterocycles. The van der Waals surface area contributed by atoms with Gasteiger partial charge in [0.1, 0.15) is 0 Å². The van der Waals surface area contributed by atoms with Gasteiger partial charge in [0, 0.05) is 36.0 Å². The number of aromatic nitrogens is 1. The molecular weight excluding hydrogens is 308 g/mol. The van der Waals surface area contributed by atoms with Crippen LogP contribution in [0.3, 0.4) is 0 Å². The largest absolute Gasteiger partial charge is 0.356 e. The maximum Gasteiger partial charge on any atom is 0.170 e. The van der Waals surface area contributed by atoms with E-state index < -0.39 is 0 Å². The molecule has 136 valence electrons. The van der Waals surface area contributed by atoms with Gasteiger partial charge in [0.05, 0.1) is 5.69 Å². The van der Waals surface area contributed by atoms with Crippen LogP contribution in [0, 0.1) is 17.3 Å². The van der Waals surface area contributed by atoms with Crippen LogP contribution >= 0.6 is 0 Å². The van der Waals surface area contributed by atoms with Gasteiger partial charge in [-0.3, -0.25) is 0 Å². The van der Waals surface area contributed by atoms with Crippen LogP contribution in [0.1, 0.15) is 58.4 Å². The van der Waals surface area contributed by atoms with Crippen molar-refractivity contribution in [3.05, 3.63) is 29.0 Å². The Labute approximate surface area is 151 Å². The third-order valence-electron chi connectivity index (χ3n) is 6.25. The molecule has 1 atom stereocenters. The highest BCUT2D eigenvalue weighted by molar-refractivity contribution is 5.85. The Morgan fingerprint density at radius 2 is 1.80 bits per heavy atom. The second-order valence-corrected chi connectivity index (χ2v) is 10.4. The minimum atomic E-state index is 0.0249. The lowest BCUT2D eigenvalue weighted by Gasteiger charge is -2.47. The Bertz CT molecular complexity index is 785. The van der Waals surface area contributed by atoms with Gasteiger partial charge in [-0.05, 0) is 41.7 Å². The lowest BCUT2D eigenvalue weighted by Crippen LogP contribution is -2.53. The van der Waals surface area contributed by atoms with Crippen molar-refractivity contribution in [3.8, 4) is 0 Å². The topological polar surface area (TPSA) is 29.3 Å². The van der Waals surface area contributed by atoms with Crippen molar-refractivity contribution >= 4 is 11.0 Å². The summed E-state index contributed by atoms with van der Waals surface area (Å²) in [5, 5.41) is 5.62. The van der Waals surface area contributed by atoms with Crippen molar-refractivity contribution < 1.29 is 4.52 Å². The molecule has 1 aliphatic carbocycles. The summed E-state index contributed by atoms with van der Waals surface area (Å²) in [6.45, 7) is 17.5. The molecule has 3 heteroatoms. The first kappa shape index (κ1) is 17.1. The van der Waals surface area contributed by atoms with Crippen molar-refractivity contribution in [1.82, 2.24) is 10.1 Å². The lowest BCUT2D eigenvalue weighted by atomic mass is 9.75. The van der Waals surface area contributed by atoms with E-state index in [-0.39, 0.29) is 5.41 Å². The number of hydrogen-bond donors (Lipinski definition) is 0. The summed E-state index contributed by atoms with van der Waals surface area (Å²) >= 11 is 0. The summed E-state index contributed by atoms with van der Waals surface area (Å²) < 4.78 is 5.81. The van der Waals surface area contributed by atoms with Crippen LogP contribution in [0.5, 0.6) is 0 Å². The van der Waals surface area contributed by atoms with Crippen molar-refractivity contribution in [2.24, 2.45) is 17.3 Å². The van der Waals surface area contributed by atoms with Crippen LogP contribution in [-0.2, 0) is 18.3 Å². The summed E-state index contributed by atoms with van der Waals surface area (Å²) in [4.78, 5) is 2.64. The Morgan fingerprint density at radius 1 is 1.08 bits per heavy atom. The van der Waals surface area contributed by atoms with Crippen molar-refractivity contribution in [1.29, 1.82) is 0 Å². The van der Waals surface area contributed by atoms with Crippen LogP contribution in [0.2, 0.25) is 0 Å². The average molecular weight is 341 g/mol. The van der Waals surface area contributed by atoms with Crippen LogP contribution in [0.4, 0.5) is 0 Å². The summed E-state index contributed by atoms with van der Waals surface area (Å²) in [7, 11) is 0. The highest BCUT2D eigenvalue weighted by Gasteiger charge is 2.37. The standard InChI is InChI=1S/C22H32N2O/c1-21(2,3)16-12-24(13-16)11-14-9-15-7-8-17-19(18(15)10-14)25-23-20(17)22(4,5)6/h7-8,14,16H,9-13H2,1-6H3. The third kappa shape index (κ3) is 3.01. The van der Waals surface area contributed by atoms with Gasteiger partial charge in [0.2, 0.25) is 0 Å². The molecule has 1 aliphatic heterocycles. The Kier molecular flexibility index (Phi) is 3.81. The number of nitrogens with zero attached hydrogens (tertiary/aromatic N) is 2. The normalized spacial score (nSPS) is 22.4. The molecule has 0 spiro atoms. The van der Waals surface area contributed by atoms with Gasteiger partial charge < -0.3 is 9.42 Å². The van der Waals surface area contributed by atoms with Crippen LogP contribution in [0.15, 0.2) is 16.7 Å². The Balaban J connectivity index is 1.48.